The maximum Gasteiger partial charge on any atom is 0.336 e. The van der Waals surface area contributed by atoms with Gasteiger partial charge in [0, 0.05) is 11.1 Å². The highest BCUT2D eigenvalue weighted by Crippen LogP contribution is 2.27. The van der Waals surface area contributed by atoms with Gasteiger partial charge in [-0.3, -0.25) is 0 Å². The van der Waals surface area contributed by atoms with E-state index < -0.39 is 0 Å². The average Bonchev–Trinajstić information content (AvgIpc) is 2.48. The standard InChI is InChI=1S/C19H19ClO2/c1-13(2)17-12-14(3)4-10-18(17)22-19(21)11-7-15-5-8-16(20)9-6-15/h4-13H,1-3H3/b11-7+. The van der Waals surface area contributed by atoms with Crippen molar-refractivity contribution < 1.29 is 9.53 Å². The Balaban J connectivity index is 2.10. The first-order chi connectivity index (χ1) is 10.5. The van der Waals surface area contributed by atoms with Gasteiger partial charge in [-0.05, 0) is 48.2 Å². The Morgan fingerprint density at radius 3 is 2.45 bits per heavy atom. The first-order valence-corrected chi connectivity index (χ1v) is 7.59. The molecule has 0 saturated carbocycles. The fourth-order valence-electron chi connectivity index (χ4n) is 2.09. The zero-order chi connectivity index (χ0) is 16.1. The van der Waals surface area contributed by atoms with Gasteiger partial charge in [0.2, 0.25) is 0 Å². The monoisotopic (exact) mass is 314 g/mol. The summed E-state index contributed by atoms with van der Waals surface area (Å²) in [5, 5.41) is 0.668. The van der Waals surface area contributed by atoms with Crippen molar-refractivity contribution in [3.63, 3.8) is 0 Å². The average molecular weight is 315 g/mol. The molecule has 22 heavy (non-hydrogen) atoms. The highest BCUT2D eigenvalue weighted by molar-refractivity contribution is 6.30. The molecule has 3 heteroatoms. The van der Waals surface area contributed by atoms with Gasteiger partial charge in [-0.1, -0.05) is 55.3 Å². The van der Waals surface area contributed by atoms with Crippen LogP contribution in [0.15, 0.2) is 48.5 Å². The van der Waals surface area contributed by atoms with Crippen molar-refractivity contribution in [1.82, 2.24) is 0 Å². The molecule has 0 aliphatic rings. The summed E-state index contributed by atoms with van der Waals surface area (Å²) < 4.78 is 5.46. The minimum absolute atomic E-state index is 0.294. The Bertz CT molecular complexity index is 685. The summed E-state index contributed by atoms with van der Waals surface area (Å²) in [5.74, 6) is 0.523. The molecule has 0 fully saturated rings. The molecule has 0 aliphatic heterocycles. The number of esters is 1. The van der Waals surface area contributed by atoms with Crippen molar-refractivity contribution in [3.05, 3.63) is 70.3 Å². The van der Waals surface area contributed by atoms with E-state index in [1.165, 1.54) is 6.08 Å². The second-order valence-electron chi connectivity index (χ2n) is 5.50. The van der Waals surface area contributed by atoms with Crippen molar-refractivity contribution in [2.24, 2.45) is 0 Å². The third kappa shape index (κ3) is 4.47. The molecule has 0 spiro atoms. The summed E-state index contributed by atoms with van der Waals surface area (Å²) in [7, 11) is 0. The van der Waals surface area contributed by atoms with Crippen LogP contribution in [-0.4, -0.2) is 5.97 Å². The molecular formula is C19H19ClO2. The molecule has 2 nitrogen and oxygen atoms in total. The third-order valence-corrected chi connectivity index (χ3v) is 3.53. The maximum absolute atomic E-state index is 12.0. The molecular weight excluding hydrogens is 296 g/mol. The molecule has 2 rings (SSSR count). The molecule has 2 aromatic rings. The van der Waals surface area contributed by atoms with Crippen LogP contribution in [0.5, 0.6) is 5.75 Å². The first-order valence-electron chi connectivity index (χ1n) is 7.21. The lowest BCUT2D eigenvalue weighted by Gasteiger charge is -2.12. The first kappa shape index (κ1) is 16.3. The smallest absolute Gasteiger partial charge is 0.336 e. The fraction of sp³-hybridized carbons (Fsp3) is 0.211. The third-order valence-electron chi connectivity index (χ3n) is 3.28. The molecule has 114 valence electrons. The number of carbonyl (C=O) groups excluding carboxylic acids is 1. The van der Waals surface area contributed by atoms with E-state index in [-0.39, 0.29) is 5.97 Å². The number of ether oxygens (including phenoxy) is 1. The summed E-state index contributed by atoms with van der Waals surface area (Å²) in [6.07, 6.45) is 3.13. The summed E-state index contributed by atoms with van der Waals surface area (Å²) in [4.78, 5) is 12.0. The second-order valence-corrected chi connectivity index (χ2v) is 5.94. The van der Waals surface area contributed by atoms with Gasteiger partial charge in [0.05, 0.1) is 0 Å². The number of aryl methyl sites for hydroxylation is 1. The van der Waals surface area contributed by atoms with E-state index in [9.17, 15) is 4.79 Å². The Morgan fingerprint density at radius 2 is 1.82 bits per heavy atom. The molecule has 0 aliphatic carbocycles. The molecule has 0 bridgehead atoms. The number of hydrogen-bond donors (Lipinski definition) is 0. The van der Waals surface area contributed by atoms with Crippen LogP contribution in [0.25, 0.3) is 6.08 Å². The summed E-state index contributed by atoms with van der Waals surface area (Å²) in [6, 6.07) is 13.1. The number of hydrogen-bond acceptors (Lipinski definition) is 2. The van der Waals surface area contributed by atoms with Gasteiger partial charge in [-0.25, -0.2) is 4.79 Å². The number of halogens is 1. The molecule has 2 aromatic carbocycles. The van der Waals surface area contributed by atoms with Crippen molar-refractivity contribution in [1.29, 1.82) is 0 Å². The van der Waals surface area contributed by atoms with Gasteiger partial charge in [0.1, 0.15) is 5.75 Å². The molecule has 0 saturated heterocycles. The zero-order valence-corrected chi connectivity index (χ0v) is 13.7. The van der Waals surface area contributed by atoms with Crippen molar-refractivity contribution in [2.75, 3.05) is 0 Å². The summed E-state index contributed by atoms with van der Waals surface area (Å²) in [6.45, 7) is 6.18. The van der Waals surface area contributed by atoms with Crippen LogP contribution in [0.1, 0.15) is 36.5 Å². The second kappa shape index (κ2) is 7.28. The van der Waals surface area contributed by atoms with Crippen LogP contribution in [0, 0.1) is 6.92 Å². The fourth-order valence-corrected chi connectivity index (χ4v) is 2.22. The molecule has 0 amide bonds. The zero-order valence-electron chi connectivity index (χ0n) is 13.0. The topological polar surface area (TPSA) is 26.3 Å². The Kier molecular flexibility index (Phi) is 5.40. The van der Waals surface area contributed by atoms with E-state index >= 15 is 0 Å². The van der Waals surface area contributed by atoms with Crippen LogP contribution in [0.4, 0.5) is 0 Å². The van der Waals surface area contributed by atoms with E-state index in [0.717, 1.165) is 16.7 Å². The maximum atomic E-state index is 12.0. The van der Waals surface area contributed by atoms with Gasteiger partial charge in [0.25, 0.3) is 0 Å². The molecule has 0 radical (unpaired) electrons. The highest BCUT2D eigenvalue weighted by Gasteiger charge is 2.10. The van der Waals surface area contributed by atoms with E-state index in [1.54, 1.807) is 18.2 Å². The van der Waals surface area contributed by atoms with Crippen LogP contribution in [0.3, 0.4) is 0 Å². The Labute approximate surface area is 136 Å². The van der Waals surface area contributed by atoms with Crippen LogP contribution >= 0.6 is 11.6 Å². The molecule has 0 N–H and O–H groups in total. The summed E-state index contributed by atoms with van der Waals surface area (Å²) in [5.41, 5.74) is 3.09. The van der Waals surface area contributed by atoms with Gasteiger partial charge in [0.15, 0.2) is 0 Å². The number of rotatable bonds is 4. The van der Waals surface area contributed by atoms with E-state index in [0.29, 0.717) is 16.7 Å². The number of benzene rings is 2. The predicted octanol–water partition coefficient (Wildman–Crippen LogP) is 5.39. The van der Waals surface area contributed by atoms with Crippen LogP contribution in [-0.2, 0) is 4.79 Å². The van der Waals surface area contributed by atoms with E-state index in [4.69, 9.17) is 16.3 Å². The predicted molar refractivity (Wildman–Crippen MR) is 91.4 cm³/mol. The minimum atomic E-state index is -0.388. The molecule has 0 atom stereocenters. The van der Waals surface area contributed by atoms with Crippen molar-refractivity contribution in [2.45, 2.75) is 26.7 Å². The van der Waals surface area contributed by atoms with E-state index in [2.05, 4.69) is 19.9 Å². The lowest BCUT2D eigenvalue weighted by molar-refractivity contribution is -0.128. The minimum Gasteiger partial charge on any atom is -0.423 e. The van der Waals surface area contributed by atoms with Crippen molar-refractivity contribution >= 4 is 23.6 Å². The van der Waals surface area contributed by atoms with Crippen LogP contribution in [0.2, 0.25) is 5.02 Å². The normalized spacial score (nSPS) is 11.1. The lowest BCUT2D eigenvalue weighted by atomic mass is 10.00. The molecule has 0 aromatic heterocycles. The SMILES string of the molecule is Cc1ccc(OC(=O)/C=C/c2ccc(Cl)cc2)c(C(C)C)c1. The lowest BCUT2D eigenvalue weighted by Crippen LogP contribution is -2.06. The van der Waals surface area contributed by atoms with Crippen LogP contribution < -0.4 is 4.74 Å². The van der Waals surface area contributed by atoms with Gasteiger partial charge >= 0.3 is 5.97 Å². The van der Waals surface area contributed by atoms with E-state index in [1.807, 2.05) is 31.2 Å². The molecule has 0 heterocycles. The quantitative estimate of drug-likeness (QED) is 0.429. The Morgan fingerprint density at radius 1 is 1.14 bits per heavy atom. The summed E-state index contributed by atoms with van der Waals surface area (Å²) >= 11 is 5.83. The van der Waals surface area contributed by atoms with Gasteiger partial charge in [-0.15, -0.1) is 0 Å². The molecule has 0 unspecified atom stereocenters. The highest BCUT2D eigenvalue weighted by atomic mass is 35.5. The van der Waals surface area contributed by atoms with Crippen molar-refractivity contribution in [3.8, 4) is 5.75 Å². The van der Waals surface area contributed by atoms with Gasteiger partial charge < -0.3 is 4.74 Å². The van der Waals surface area contributed by atoms with Gasteiger partial charge in [-0.2, -0.15) is 0 Å². The number of carbonyl (C=O) groups is 1. The Hall–Kier alpha value is -2.06. The largest absolute Gasteiger partial charge is 0.423 e.